The lowest BCUT2D eigenvalue weighted by Gasteiger charge is -2.17. The second-order valence-electron chi connectivity index (χ2n) is 6.47. The highest BCUT2D eigenvalue weighted by Gasteiger charge is 2.23. The van der Waals surface area contributed by atoms with Crippen LogP contribution in [-0.4, -0.2) is 39.9 Å². The number of fused-ring (bicyclic) bond motifs is 1. The Morgan fingerprint density at radius 2 is 1.66 bits per heavy atom. The molecule has 1 aromatic heterocycles. The largest absolute Gasteiger partial charge is 0.451 e. The van der Waals surface area contributed by atoms with E-state index in [1.807, 2.05) is 0 Å². The molecule has 0 bridgehead atoms. The zero-order valence-electron chi connectivity index (χ0n) is 15.8. The van der Waals surface area contributed by atoms with Crippen molar-refractivity contribution in [2.45, 2.75) is 26.0 Å². The Kier molecular flexibility index (Phi) is 5.77. The van der Waals surface area contributed by atoms with Crippen molar-refractivity contribution < 1.29 is 19.1 Å². The number of H-pyrrole nitrogens is 2. The third kappa shape index (κ3) is 4.89. The number of aromatic amines is 2. The molecule has 2 amide bonds. The lowest BCUT2D eigenvalue weighted by molar-refractivity contribution is -0.154. The summed E-state index contributed by atoms with van der Waals surface area (Å²) in [6.45, 7) is 2.90. The van der Waals surface area contributed by atoms with Gasteiger partial charge in [0.2, 0.25) is 0 Å². The molecule has 3 aromatic rings. The van der Waals surface area contributed by atoms with Crippen LogP contribution in [0.5, 0.6) is 0 Å². The number of nitrogens with one attached hydrogen (secondary N) is 4. The highest BCUT2D eigenvalue weighted by molar-refractivity contribution is 5.98. The van der Waals surface area contributed by atoms with Crippen LogP contribution in [-0.2, 0) is 14.3 Å². The first-order valence-corrected chi connectivity index (χ1v) is 8.93. The van der Waals surface area contributed by atoms with Crippen LogP contribution < -0.4 is 16.3 Å². The second kappa shape index (κ2) is 8.42. The number of amides is 2. The molecule has 0 spiro atoms. The van der Waals surface area contributed by atoms with Crippen molar-refractivity contribution in [2.75, 3.05) is 5.32 Å². The van der Waals surface area contributed by atoms with Crippen molar-refractivity contribution in [2.24, 2.45) is 0 Å². The summed E-state index contributed by atoms with van der Waals surface area (Å²) in [6.07, 6.45) is -1.08. The van der Waals surface area contributed by atoms with Crippen LogP contribution in [0.15, 0.2) is 53.3 Å². The minimum absolute atomic E-state index is 0.350. The van der Waals surface area contributed by atoms with Gasteiger partial charge in [-0.25, -0.2) is 9.59 Å². The lowest BCUT2D eigenvalue weighted by Crippen LogP contribution is -2.42. The monoisotopic (exact) mass is 396 g/mol. The maximum atomic E-state index is 12.3. The van der Waals surface area contributed by atoms with Gasteiger partial charge >= 0.3 is 11.7 Å². The van der Waals surface area contributed by atoms with Crippen LogP contribution in [0, 0.1) is 0 Å². The van der Waals surface area contributed by atoms with E-state index in [9.17, 15) is 19.2 Å². The maximum absolute atomic E-state index is 12.3. The average molecular weight is 396 g/mol. The zero-order valence-corrected chi connectivity index (χ0v) is 15.8. The van der Waals surface area contributed by atoms with E-state index in [1.54, 1.807) is 48.5 Å². The van der Waals surface area contributed by atoms with Crippen LogP contribution in [0.2, 0.25) is 0 Å². The van der Waals surface area contributed by atoms with Crippen LogP contribution >= 0.6 is 0 Å². The van der Waals surface area contributed by atoms with Gasteiger partial charge in [-0.3, -0.25) is 9.59 Å². The molecule has 0 saturated carbocycles. The van der Waals surface area contributed by atoms with Gasteiger partial charge in [0.15, 0.2) is 6.10 Å². The number of benzene rings is 2. The zero-order chi connectivity index (χ0) is 21.0. The van der Waals surface area contributed by atoms with E-state index in [-0.39, 0.29) is 5.69 Å². The first-order chi connectivity index (χ1) is 13.8. The summed E-state index contributed by atoms with van der Waals surface area (Å²) in [6, 6.07) is 12.4. The van der Waals surface area contributed by atoms with Crippen molar-refractivity contribution >= 4 is 34.5 Å². The number of carbonyl (C=O) groups is 3. The molecule has 4 N–H and O–H groups in total. The van der Waals surface area contributed by atoms with E-state index in [0.29, 0.717) is 22.3 Å². The molecule has 0 radical (unpaired) electrons. The quantitative estimate of drug-likeness (QED) is 0.469. The highest BCUT2D eigenvalue weighted by atomic mass is 16.5. The molecule has 0 saturated heterocycles. The van der Waals surface area contributed by atoms with Gasteiger partial charge in [0, 0.05) is 11.3 Å². The molecule has 0 unspecified atom stereocenters. The predicted molar refractivity (Wildman–Crippen MR) is 106 cm³/mol. The minimum Gasteiger partial charge on any atom is -0.451 e. The molecule has 0 aliphatic rings. The van der Waals surface area contributed by atoms with Crippen LogP contribution in [0.3, 0.4) is 0 Å². The molecule has 9 nitrogen and oxygen atoms in total. The Balaban J connectivity index is 1.55. The summed E-state index contributed by atoms with van der Waals surface area (Å²) < 4.78 is 5.14. The molecule has 0 fully saturated rings. The number of aromatic nitrogens is 2. The fourth-order valence-corrected chi connectivity index (χ4v) is 2.61. The molecule has 1 heterocycles. The Hall–Kier alpha value is -3.88. The van der Waals surface area contributed by atoms with Crippen molar-refractivity contribution in [3.63, 3.8) is 0 Å². The van der Waals surface area contributed by atoms with E-state index < -0.39 is 29.9 Å². The molecule has 29 heavy (non-hydrogen) atoms. The normalized spacial score (nSPS) is 12.8. The van der Waals surface area contributed by atoms with Gasteiger partial charge in [0.1, 0.15) is 6.04 Å². The highest BCUT2D eigenvalue weighted by Crippen LogP contribution is 2.15. The van der Waals surface area contributed by atoms with E-state index in [4.69, 9.17) is 4.74 Å². The number of hydrogen-bond acceptors (Lipinski definition) is 5. The summed E-state index contributed by atoms with van der Waals surface area (Å²) >= 11 is 0. The number of rotatable bonds is 6. The van der Waals surface area contributed by atoms with E-state index >= 15 is 0 Å². The van der Waals surface area contributed by atoms with Gasteiger partial charge in [-0.1, -0.05) is 18.2 Å². The molecular formula is C20H20N4O5. The topological polar surface area (TPSA) is 133 Å². The van der Waals surface area contributed by atoms with Crippen molar-refractivity contribution in [1.82, 2.24) is 15.3 Å². The third-order valence-corrected chi connectivity index (χ3v) is 4.18. The Labute approximate surface area is 165 Å². The average Bonchev–Trinajstić information content (AvgIpc) is 3.07. The second-order valence-corrected chi connectivity index (χ2v) is 6.47. The fourth-order valence-electron chi connectivity index (χ4n) is 2.61. The first-order valence-electron chi connectivity index (χ1n) is 8.93. The SMILES string of the molecule is C[C@H](NC(=O)c1ccccc1)C(=O)O[C@@H](C)C(=O)Nc1ccc2[nH]c(=O)[nH]c2c1. The number of ether oxygens (including phenoxy) is 1. The summed E-state index contributed by atoms with van der Waals surface area (Å²) in [5.74, 6) is -1.69. The molecule has 150 valence electrons. The summed E-state index contributed by atoms with van der Waals surface area (Å²) in [7, 11) is 0. The Morgan fingerprint density at radius 1 is 0.966 bits per heavy atom. The van der Waals surface area contributed by atoms with Gasteiger partial charge in [-0.15, -0.1) is 0 Å². The number of hydrogen-bond donors (Lipinski definition) is 4. The van der Waals surface area contributed by atoms with Crippen molar-refractivity contribution in [3.05, 3.63) is 64.6 Å². The van der Waals surface area contributed by atoms with Gasteiger partial charge in [-0.05, 0) is 44.2 Å². The molecule has 2 atom stereocenters. The minimum atomic E-state index is -1.08. The molecule has 9 heteroatoms. The standard InChI is InChI=1S/C20H20N4O5/c1-11(21-18(26)13-6-4-3-5-7-13)19(27)29-12(2)17(25)22-14-8-9-15-16(10-14)24-20(28)23-15/h3-12H,1-2H3,(H,21,26)(H,22,25)(H2,23,24,28)/t11-,12-/m0/s1. The van der Waals surface area contributed by atoms with Gasteiger partial charge in [0.05, 0.1) is 11.0 Å². The smallest absolute Gasteiger partial charge is 0.329 e. The van der Waals surface area contributed by atoms with Crippen LogP contribution in [0.25, 0.3) is 11.0 Å². The third-order valence-electron chi connectivity index (χ3n) is 4.18. The Morgan fingerprint density at radius 3 is 2.38 bits per heavy atom. The van der Waals surface area contributed by atoms with Gasteiger partial charge < -0.3 is 25.3 Å². The predicted octanol–water partition coefficient (Wildman–Crippen LogP) is 1.54. The molecule has 0 aliphatic carbocycles. The molecule has 3 rings (SSSR count). The summed E-state index contributed by atoms with van der Waals surface area (Å²) in [5.41, 5.74) is 1.64. The maximum Gasteiger partial charge on any atom is 0.329 e. The molecular weight excluding hydrogens is 376 g/mol. The first kappa shape index (κ1) is 19.9. The number of anilines is 1. The Bertz CT molecular complexity index is 1100. The fraction of sp³-hybridized carbons (Fsp3) is 0.200. The van der Waals surface area contributed by atoms with Gasteiger partial charge in [0.25, 0.3) is 11.8 Å². The molecule has 0 aliphatic heterocycles. The van der Waals surface area contributed by atoms with Crippen LogP contribution in [0.4, 0.5) is 5.69 Å². The van der Waals surface area contributed by atoms with E-state index in [1.165, 1.54) is 13.8 Å². The summed E-state index contributed by atoms with van der Waals surface area (Å²) in [4.78, 5) is 53.1. The van der Waals surface area contributed by atoms with Crippen molar-refractivity contribution in [1.29, 1.82) is 0 Å². The van der Waals surface area contributed by atoms with Crippen molar-refractivity contribution in [3.8, 4) is 0 Å². The number of imidazole rings is 1. The number of esters is 1. The van der Waals surface area contributed by atoms with E-state index in [0.717, 1.165) is 0 Å². The molecule has 2 aromatic carbocycles. The lowest BCUT2D eigenvalue weighted by atomic mass is 10.2. The van der Waals surface area contributed by atoms with Crippen LogP contribution in [0.1, 0.15) is 24.2 Å². The number of carbonyl (C=O) groups excluding carboxylic acids is 3. The van der Waals surface area contributed by atoms with E-state index in [2.05, 4.69) is 20.6 Å². The summed E-state index contributed by atoms with van der Waals surface area (Å²) in [5, 5.41) is 5.14. The van der Waals surface area contributed by atoms with Gasteiger partial charge in [-0.2, -0.15) is 0 Å².